The lowest BCUT2D eigenvalue weighted by atomic mass is 10.1. The second-order valence-corrected chi connectivity index (χ2v) is 4.81. The van der Waals surface area contributed by atoms with Crippen molar-refractivity contribution in [1.29, 1.82) is 0 Å². The van der Waals surface area contributed by atoms with Crippen LogP contribution in [-0.4, -0.2) is 28.9 Å². The van der Waals surface area contributed by atoms with E-state index in [4.69, 9.17) is 18.0 Å². The predicted octanol–water partition coefficient (Wildman–Crippen LogP) is 1.56. The number of thioether (sulfide) groups is 1. The first-order valence-corrected chi connectivity index (χ1v) is 6.95. The third-order valence-electron chi connectivity index (χ3n) is 2.28. The topological polar surface area (TPSA) is 55.1 Å². The number of carbonyl (C=O) groups is 1. The van der Waals surface area contributed by atoms with E-state index in [0.29, 0.717) is 6.42 Å². The summed E-state index contributed by atoms with van der Waals surface area (Å²) in [5, 5.41) is 2.97. The zero-order valence-electron chi connectivity index (χ0n) is 9.58. The van der Waals surface area contributed by atoms with Crippen molar-refractivity contribution in [1.82, 2.24) is 5.32 Å². The number of carbonyl (C=O) groups excluding carboxylic acids is 1. The van der Waals surface area contributed by atoms with Crippen LogP contribution in [0.25, 0.3) is 0 Å². The first-order valence-electron chi connectivity index (χ1n) is 5.15. The molecule has 5 heteroatoms. The van der Waals surface area contributed by atoms with Crippen LogP contribution < -0.4 is 11.1 Å². The first kappa shape index (κ1) is 14.7. The van der Waals surface area contributed by atoms with Gasteiger partial charge in [-0.15, -0.1) is 0 Å². The average molecular weight is 248 g/mol. The van der Waals surface area contributed by atoms with E-state index in [-0.39, 0.29) is 22.9 Å². The highest BCUT2D eigenvalue weighted by atomic mass is 32.2. The second kappa shape index (κ2) is 7.93. The van der Waals surface area contributed by atoms with Crippen LogP contribution >= 0.6 is 24.0 Å². The van der Waals surface area contributed by atoms with Crippen molar-refractivity contribution < 1.29 is 4.79 Å². The summed E-state index contributed by atoms with van der Waals surface area (Å²) in [6.45, 7) is 3.97. The van der Waals surface area contributed by atoms with Gasteiger partial charge >= 0.3 is 0 Å². The molecule has 0 saturated carbocycles. The van der Waals surface area contributed by atoms with Gasteiger partial charge in [-0.3, -0.25) is 4.79 Å². The highest BCUT2D eigenvalue weighted by Gasteiger charge is 2.21. The van der Waals surface area contributed by atoms with Crippen LogP contribution in [0.2, 0.25) is 0 Å². The average Bonchev–Trinajstić information content (AvgIpc) is 2.17. The van der Waals surface area contributed by atoms with Gasteiger partial charge < -0.3 is 11.1 Å². The maximum absolute atomic E-state index is 11.8. The molecule has 88 valence electrons. The normalized spacial score (nSPS) is 14.3. The van der Waals surface area contributed by atoms with Gasteiger partial charge in [0.15, 0.2) is 0 Å². The molecule has 0 aliphatic carbocycles. The summed E-state index contributed by atoms with van der Waals surface area (Å²) >= 11 is 6.58. The first-order chi connectivity index (χ1) is 7.06. The van der Waals surface area contributed by atoms with E-state index in [9.17, 15) is 4.79 Å². The van der Waals surface area contributed by atoms with E-state index in [1.165, 1.54) is 0 Å². The Morgan fingerprint density at radius 2 is 2.07 bits per heavy atom. The summed E-state index contributed by atoms with van der Waals surface area (Å²) in [7, 11) is 0. The van der Waals surface area contributed by atoms with Gasteiger partial charge in [-0.25, -0.2) is 0 Å². The third kappa shape index (κ3) is 5.37. The van der Waals surface area contributed by atoms with Crippen LogP contribution in [0.1, 0.15) is 26.7 Å². The highest BCUT2D eigenvalue weighted by molar-refractivity contribution is 7.98. The maximum Gasteiger partial charge on any atom is 0.230 e. The lowest BCUT2D eigenvalue weighted by Crippen LogP contribution is -2.43. The van der Waals surface area contributed by atoms with Gasteiger partial charge in [-0.1, -0.05) is 26.1 Å². The number of nitrogens with two attached hydrogens (primary N) is 1. The van der Waals surface area contributed by atoms with Gasteiger partial charge in [-0.2, -0.15) is 11.8 Å². The lowest BCUT2D eigenvalue weighted by Gasteiger charge is -2.19. The van der Waals surface area contributed by atoms with Crippen molar-refractivity contribution in [2.24, 2.45) is 11.7 Å². The molecule has 0 saturated heterocycles. The van der Waals surface area contributed by atoms with E-state index < -0.39 is 0 Å². The van der Waals surface area contributed by atoms with Crippen LogP contribution in [-0.2, 0) is 4.79 Å². The van der Waals surface area contributed by atoms with Gasteiger partial charge in [0.1, 0.15) is 0 Å². The molecule has 0 bridgehead atoms. The standard InChI is InChI=1S/C10H20N2OS2/c1-4-7(6-15-3)12-10(13)8(5-2)9(11)14/h7-8H,4-6H2,1-3H3,(H2,11,14)(H,12,13). The molecule has 2 atom stereocenters. The van der Waals surface area contributed by atoms with E-state index in [2.05, 4.69) is 12.2 Å². The Balaban J connectivity index is 4.24. The fraction of sp³-hybridized carbons (Fsp3) is 0.800. The molecule has 2 unspecified atom stereocenters. The number of thiocarbonyl (C=S) groups is 1. The monoisotopic (exact) mass is 248 g/mol. The van der Waals surface area contributed by atoms with Gasteiger partial charge in [0, 0.05) is 11.8 Å². The number of hydrogen-bond donors (Lipinski definition) is 2. The quantitative estimate of drug-likeness (QED) is 0.671. The maximum atomic E-state index is 11.8. The molecule has 0 radical (unpaired) electrons. The molecule has 3 nitrogen and oxygen atoms in total. The zero-order chi connectivity index (χ0) is 11.8. The molecular formula is C10H20N2OS2. The molecule has 0 rings (SSSR count). The molecule has 3 N–H and O–H groups in total. The SMILES string of the molecule is CCC(CSC)NC(=O)C(CC)C(N)=S. The van der Waals surface area contributed by atoms with Crippen molar-refractivity contribution in [3.8, 4) is 0 Å². The third-order valence-corrected chi connectivity index (χ3v) is 3.30. The van der Waals surface area contributed by atoms with Crippen molar-refractivity contribution in [3.05, 3.63) is 0 Å². The molecule has 1 amide bonds. The van der Waals surface area contributed by atoms with Gasteiger partial charge in [-0.05, 0) is 19.1 Å². The summed E-state index contributed by atoms with van der Waals surface area (Å²) in [6.07, 6.45) is 3.62. The van der Waals surface area contributed by atoms with Crippen molar-refractivity contribution in [3.63, 3.8) is 0 Å². The molecule has 0 aromatic carbocycles. The van der Waals surface area contributed by atoms with Gasteiger partial charge in [0.2, 0.25) is 5.91 Å². The summed E-state index contributed by atoms with van der Waals surface area (Å²) in [4.78, 5) is 12.1. The molecule has 0 aliphatic rings. The number of nitrogens with one attached hydrogen (secondary N) is 1. The minimum absolute atomic E-state index is 0.0362. The largest absolute Gasteiger partial charge is 0.393 e. The number of hydrogen-bond acceptors (Lipinski definition) is 3. The van der Waals surface area contributed by atoms with E-state index in [1.807, 2.05) is 13.2 Å². The minimum Gasteiger partial charge on any atom is -0.393 e. The molecule has 0 aromatic heterocycles. The fourth-order valence-electron chi connectivity index (χ4n) is 1.28. The fourth-order valence-corrected chi connectivity index (χ4v) is 2.28. The molecule has 0 fully saturated rings. The summed E-state index contributed by atoms with van der Waals surface area (Å²) < 4.78 is 0. The summed E-state index contributed by atoms with van der Waals surface area (Å²) in [6, 6.07) is 0.218. The van der Waals surface area contributed by atoms with Crippen molar-refractivity contribution >= 4 is 34.9 Å². The van der Waals surface area contributed by atoms with Crippen LogP contribution in [0.5, 0.6) is 0 Å². The van der Waals surface area contributed by atoms with Crippen LogP contribution in [0.4, 0.5) is 0 Å². The van der Waals surface area contributed by atoms with Crippen LogP contribution in [0.15, 0.2) is 0 Å². The van der Waals surface area contributed by atoms with Crippen molar-refractivity contribution in [2.45, 2.75) is 32.7 Å². The Morgan fingerprint density at radius 1 is 1.47 bits per heavy atom. The summed E-state index contributed by atoms with van der Waals surface area (Å²) in [5.41, 5.74) is 5.50. The van der Waals surface area contributed by atoms with E-state index >= 15 is 0 Å². The van der Waals surface area contributed by atoms with Crippen LogP contribution in [0.3, 0.4) is 0 Å². The Morgan fingerprint density at radius 3 is 2.40 bits per heavy atom. The van der Waals surface area contributed by atoms with Crippen LogP contribution in [0, 0.1) is 5.92 Å². The Hall–Kier alpha value is -0.290. The van der Waals surface area contributed by atoms with E-state index in [1.54, 1.807) is 11.8 Å². The molecule has 0 spiro atoms. The molecule has 0 aliphatic heterocycles. The predicted molar refractivity (Wildman–Crippen MR) is 71.2 cm³/mol. The van der Waals surface area contributed by atoms with Crippen molar-refractivity contribution in [2.75, 3.05) is 12.0 Å². The molecule has 15 heavy (non-hydrogen) atoms. The Bertz CT molecular complexity index is 221. The van der Waals surface area contributed by atoms with Gasteiger partial charge in [0.05, 0.1) is 10.9 Å². The molecule has 0 aromatic rings. The number of amides is 1. The van der Waals surface area contributed by atoms with E-state index in [0.717, 1.165) is 12.2 Å². The second-order valence-electron chi connectivity index (χ2n) is 3.43. The minimum atomic E-state index is -0.323. The zero-order valence-corrected chi connectivity index (χ0v) is 11.2. The molecular weight excluding hydrogens is 228 g/mol. The Labute approximate surface area is 102 Å². The highest BCUT2D eigenvalue weighted by Crippen LogP contribution is 2.06. The smallest absolute Gasteiger partial charge is 0.230 e. The Kier molecular flexibility index (Phi) is 7.78. The molecule has 0 heterocycles. The lowest BCUT2D eigenvalue weighted by molar-refractivity contribution is -0.123. The number of rotatable bonds is 7. The summed E-state index contributed by atoms with van der Waals surface area (Å²) in [5.74, 6) is 0.567. The van der Waals surface area contributed by atoms with Gasteiger partial charge in [0.25, 0.3) is 0 Å².